The van der Waals surface area contributed by atoms with E-state index in [4.69, 9.17) is 0 Å². The number of hydrogen-bond acceptors (Lipinski definition) is 6. The molecule has 5 fully saturated rings. The molecule has 10 nitrogen and oxygen atoms in total. The smallest absolute Gasteiger partial charge is 0.461 e. The molecule has 6 atom stereocenters. The van der Waals surface area contributed by atoms with Gasteiger partial charge in [-0.25, -0.2) is 13.6 Å². The minimum absolute atomic E-state index is 0.0577. The predicted molar refractivity (Wildman–Crippen MR) is 140 cm³/mol. The predicted octanol–water partition coefficient (Wildman–Crippen LogP) is 2.67. The summed E-state index contributed by atoms with van der Waals surface area (Å²) in [6.07, 6.45) is -3.60. The summed E-state index contributed by atoms with van der Waals surface area (Å²) >= 11 is 0. The van der Waals surface area contributed by atoms with Gasteiger partial charge in [0, 0.05) is 24.9 Å². The van der Waals surface area contributed by atoms with Crippen molar-refractivity contribution in [2.24, 2.45) is 17.8 Å². The van der Waals surface area contributed by atoms with E-state index in [2.05, 4.69) is 15.4 Å². The van der Waals surface area contributed by atoms with Crippen molar-refractivity contribution in [2.75, 3.05) is 13.2 Å². The van der Waals surface area contributed by atoms with Gasteiger partial charge in [0.1, 0.15) is 12.1 Å². The maximum Gasteiger partial charge on any atom is 0.471 e. The number of ether oxygens (including phenoxy) is 1. The number of amides is 4. The molecular formula is C28H36F6N4O6. The average molecular weight is 639 g/mol. The van der Waals surface area contributed by atoms with Crippen LogP contribution in [-0.2, 0) is 28.7 Å². The molecular weight excluding hydrogens is 602 g/mol. The monoisotopic (exact) mass is 638 g/mol. The lowest BCUT2D eigenvalue weighted by Crippen LogP contribution is -2.71. The molecule has 2 saturated carbocycles. The Hall–Kier alpha value is -3.33. The first kappa shape index (κ1) is 33.6. The Kier molecular flexibility index (Phi) is 10.2. The van der Waals surface area contributed by atoms with Gasteiger partial charge in [0.15, 0.2) is 0 Å². The summed E-state index contributed by atoms with van der Waals surface area (Å²) in [7, 11) is 0. The van der Waals surface area contributed by atoms with Gasteiger partial charge < -0.3 is 25.6 Å². The summed E-state index contributed by atoms with van der Waals surface area (Å²) in [5, 5.41) is 6.69. The number of nitrogens with one attached hydrogen (secondary N) is 3. The summed E-state index contributed by atoms with van der Waals surface area (Å²) < 4.78 is 89.1. The first-order valence-electron chi connectivity index (χ1n) is 14.8. The Balaban J connectivity index is 1.64. The lowest BCUT2D eigenvalue weighted by atomic mass is 9.71. The molecule has 3 N–H and O–H groups in total. The molecule has 0 radical (unpaired) electrons. The molecule has 44 heavy (non-hydrogen) atoms. The summed E-state index contributed by atoms with van der Waals surface area (Å²) in [6.45, 7) is 1.58. The fourth-order valence-electron chi connectivity index (χ4n) is 6.59. The van der Waals surface area contributed by atoms with Crippen molar-refractivity contribution in [1.82, 2.24) is 20.9 Å². The molecule has 3 saturated heterocycles. The van der Waals surface area contributed by atoms with E-state index in [0.717, 1.165) is 11.3 Å². The van der Waals surface area contributed by atoms with Gasteiger partial charge in [-0.15, -0.1) is 0 Å². The molecule has 0 spiro atoms. The molecule has 4 amide bonds. The summed E-state index contributed by atoms with van der Waals surface area (Å²) in [6, 6.07) is -6.15. The van der Waals surface area contributed by atoms with Crippen molar-refractivity contribution < 1.29 is 55.1 Å². The van der Waals surface area contributed by atoms with Gasteiger partial charge in [0.25, 0.3) is 5.92 Å². The number of carbonyl (C=O) groups is 5. The number of nitrogens with zero attached hydrogens (tertiary/aromatic N) is 1. The molecule has 246 valence electrons. The van der Waals surface area contributed by atoms with Gasteiger partial charge in [-0.2, -0.15) is 17.6 Å². The highest BCUT2D eigenvalue weighted by Gasteiger charge is 2.61. The third-order valence-electron chi connectivity index (χ3n) is 8.96. The number of halogens is 6. The van der Waals surface area contributed by atoms with Gasteiger partial charge >= 0.3 is 18.1 Å². The van der Waals surface area contributed by atoms with E-state index in [1.165, 1.54) is 6.92 Å². The average Bonchev–Trinajstić information content (AvgIpc) is 3.31. The Morgan fingerprint density at radius 1 is 1.09 bits per heavy atom. The number of esters is 1. The SMILES string of the molecule is CCOC(=O)/C(F)=C\[C@H](C[C@@H]1CCNC1=O)NC(=O)[C@H]1[C@@H]2CC[C@@H](CC2(F)F)N1C(=O)[C@H](CC1CCC1)NC(=O)C(F)(F)F. The maximum atomic E-state index is 15.2. The highest BCUT2D eigenvalue weighted by atomic mass is 19.4. The van der Waals surface area contributed by atoms with Crippen LogP contribution in [0.4, 0.5) is 26.3 Å². The van der Waals surface area contributed by atoms with Crippen molar-refractivity contribution in [2.45, 2.75) is 101 Å². The van der Waals surface area contributed by atoms with Crippen LogP contribution in [0.25, 0.3) is 0 Å². The minimum Gasteiger partial charge on any atom is -0.461 e. The van der Waals surface area contributed by atoms with E-state index < -0.39 is 89.9 Å². The summed E-state index contributed by atoms with van der Waals surface area (Å²) in [5.41, 5.74) is 0. The van der Waals surface area contributed by atoms with Crippen LogP contribution in [0.3, 0.4) is 0 Å². The second-order valence-electron chi connectivity index (χ2n) is 11.9. The van der Waals surface area contributed by atoms with E-state index in [1.807, 2.05) is 0 Å². The Morgan fingerprint density at radius 2 is 1.80 bits per heavy atom. The minimum atomic E-state index is -5.31. The van der Waals surface area contributed by atoms with Crippen LogP contribution in [-0.4, -0.2) is 83.9 Å². The van der Waals surface area contributed by atoms with Gasteiger partial charge in [-0.1, -0.05) is 19.3 Å². The molecule has 2 aliphatic carbocycles. The van der Waals surface area contributed by atoms with Crippen LogP contribution >= 0.6 is 0 Å². The van der Waals surface area contributed by atoms with Crippen LogP contribution in [0, 0.1) is 17.8 Å². The zero-order valence-corrected chi connectivity index (χ0v) is 24.1. The van der Waals surface area contributed by atoms with Crippen molar-refractivity contribution in [3.63, 3.8) is 0 Å². The molecule has 3 aliphatic heterocycles. The standard InChI is InChI=1S/C28H36F6N4O6/c1-2-44-25(42)19(29)12-16(11-15-8-9-35-22(15)39)36-23(40)21-18-7-6-17(13-27(18,30)31)38(21)24(41)20(10-14-4-3-5-14)37-26(43)28(32,33)34/h12,14-18,20-21H,2-11,13H2,1H3,(H,35,39)(H,36,40)(H,37,43)/b19-12+/t15-,16-,17-,18-,20-,21+/m0/s1. The fraction of sp³-hybridized carbons (Fsp3) is 0.750. The quantitative estimate of drug-likeness (QED) is 0.181. The maximum absolute atomic E-state index is 15.2. The number of hydrogen-bond donors (Lipinski definition) is 3. The lowest BCUT2D eigenvalue weighted by Gasteiger charge is -2.54. The molecule has 5 rings (SSSR count). The Bertz CT molecular complexity index is 1180. The fourth-order valence-corrected chi connectivity index (χ4v) is 6.59. The van der Waals surface area contributed by atoms with E-state index in [9.17, 15) is 41.5 Å². The number of rotatable bonds is 11. The van der Waals surface area contributed by atoms with Crippen LogP contribution in [0.15, 0.2) is 11.9 Å². The van der Waals surface area contributed by atoms with Crippen molar-refractivity contribution in [1.29, 1.82) is 0 Å². The zero-order valence-electron chi connectivity index (χ0n) is 24.1. The van der Waals surface area contributed by atoms with Crippen LogP contribution in [0.1, 0.15) is 64.7 Å². The molecule has 5 aliphatic rings. The second-order valence-corrected chi connectivity index (χ2v) is 11.9. The van der Waals surface area contributed by atoms with E-state index in [1.54, 1.807) is 5.32 Å². The lowest BCUT2D eigenvalue weighted by molar-refractivity contribution is -0.196. The Morgan fingerprint density at radius 3 is 2.34 bits per heavy atom. The first-order chi connectivity index (χ1) is 20.6. The topological polar surface area (TPSA) is 134 Å². The number of carbonyl (C=O) groups excluding carboxylic acids is 5. The largest absolute Gasteiger partial charge is 0.471 e. The normalized spacial score (nSPS) is 28.0. The van der Waals surface area contributed by atoms with Crippen molar-refractivity contribution >= 4 is 29.6 Å². The number of alkyl halides is 5. The summed E-state index contributed by atoms with van der Waals surface area (Å²) in [4.78, 5) is 64.4. The first-order valence-corrected chi connectivity index (χ1v) is 14.8. The number of fused-ring (bicyclic) bond motifs is 3. The van der Waals surface area contributed by atoms with Crippen LogP contribution in [0.5, 0.6) is 0 Å². The highest BCUT2D eigenvalue weighted by molar-refractivity contribution is 5.94. The van der Waals surface area contributed by atoms with Crippen molar-refractivity contribution in [3.05, 3.63) is 11.9 Å². The van der Waals surface area contributed by atoms with E-state index in [-0.39, 0.29) is 38.2 Å². The molecule has 16 heteroatoms. The number of piperidine rings is 2. The summed E-state index contributed by atoms with van der Waals surface area (Å²) in [5.74, 6) is -13.7. The Labute approximate surface area is 249 Å². The van der Waals surface area contributed by atoms with Gasteiger partial charge in [-0.3, -0.25) is 19.2 Å². The van der Waals surface area contributed by atoms with E-state index in [0.29, 0.717) is 31.9 Å². The van der Waals surface area contributed by atoms with Crippen LogP contribution in [0.2, 0.25) is 0 Å². The molecule has 3 heterocycles. The zero-order chi connectivity index (χ0) is 32.4. The second kappa shape index (κ2) is 13.3. The molecule has 0 aromatic rings. The van der Waals surface area contributed by atoms with E-state index >= 15 is 8.78 Å². The molecule has 0 aromatic carbocycles. The van der Waals surface area contributed by atoms with Gasteiger partial charge in [-0.05, 0) is 51.0 Å². The van der Waals surface area contributed by atoms with Gasteiger partial charge in [0.2, 0.25) is 23.5 Å². The van der Waals surface area contributed by atoms with Crippen LogP contribution < -0.4 is 16.0 Å². The van der Waals surface area contributed by atoms with Crippen molar-refractivity contribution in [3.8, 4) is 0 Å². The van der Waals surface area contributed by atoms with Gasteiger partial charge in [0.05, 0.1) is 18.6 Å². The third-order valence-corrected chi connectivity index (χ3v) is 8.96. The molecule has 0 aromatic heterocycles. The third kappa shape index (κ3) is 7.48. The highest BCUT2D eigenvalue weighted by Crippen LogP contribution is 2.49. The molecule has 0 unspecified atom stereocenters. The molecule has 2 bridgehead atoms.